The summed E-state index contributed by atoms with van der Waals surface area (Å²) in [5.74, 6) is -0.274. The predicted octanol–water partition coefficient (Wildman–Crippen LogP) is 0.754. The third-order valence-corrected chi connectivity index (χ3v) is 2.66. The number of nitrogens with one attached hydrogen (secondary N) is 3. The van der Waals surface area contributed by atoms with Gasteiger partial charge in [-0.1, -0.05) is 19.8 Å². The van der Waals surface area contributed by atoms with Crippen molar-refractivity contribution in [2.45, 2.75) is 45.1 Å². The summed E-state index contributed by atoms with van der Waals surface area (Å²) in [6.07, 6.45) is 5.35. The van der Waals surface area contributed by atoms with Gasteiger partial charge in [-0.25, -0.2) is 4.79 Å². The largest absolute Gasteiger partial charge is 0.335 e. The van der Waals surface area contributed by atoms with Crippen molar-refractivity contribution in [3.05, 3.63) is 0 Å². The predicted molar refractivity (Wildman–Crippen MR) is 62.1 cm³/mol. The van der Waals surface area contributed by atoms with E-state index in [-0.39, 0.29) is 24.5 Å². The number of hydrogen-bond acceptors (Lipinski definition) is 3. The summed E-state index contributed by atoms with van der Waals surface area (Å²) in [6.45, 7) is 3.02. The second kappa shape index (κ2) is 7.22. The number of rotatable bonds is 5. The molecule has 0 aromatic rings. The lowest BCUT2D eigenvalue weighted by molar-refractivity contribution is -0.119. The molecule has 0 aromatic heterocycles. The van der Waals surface area contributed by atoms with E-state index in [9.17, 15) is 9.59 Å². The van der Waals surface area contributed by atoms with Gasteiger partial charge in [0.2, 0.25) is 5.91 Å². The van der Waals surface area contributed by atoms with Crippen molar-refractivity contribution in [2.24, 2.45) is 0 Å². The lowest BCUT2D eigenvalue weighted by Gasteiger charge is -2.12. The number of imide groups is 1. The average molecular weight is 227 g/mol. The van der Waals surface area contributed by atoms with Gasteiger partial charge in [0.15, 0.2) is 0 Å². The summed E-state index contributed by atoms with van der Waals surface area (Å²) in [4.78, 5) is 22.6. The molecule has 5 heteroatoms. The minimum Gasteiger partial charge on any atom is -0.335 e. The number of carbonyl (C=O) groups is 2. The first-order chi connectivity index (χ1) is 7.72. The fraction of sp³-hybridized carbons (Fsp3) is 0.818. The highest BCUT2D eigenvalue weighted by Crippen LogP contribution is 2.17. The Labute approximate surface area is 96.4 Å². The highest BCUT2D eigenvalue weighted by atomic mass is 16.2. The Kier molecular flexibility index (Phi) is 5.85. The van der Waals surface area contributed by atoms with Gasteiger partial charge in [0.1, 0.15) is 0 Å². The van der Waals surface area contributed by atoms with Crippen molar-refractivity contribution >= 4 is 11.9 Å². The Balaban J connectivity index is 2.10. The molecule has 0 aliphatic heterocycles. The van der Waals surface area contributed by atoms with Crippen molar-refractivity contribution in [3.8, 4) is 0 Å². The second-order valence-corrected chi connectivity index (χ2v) is 4.18. The van der Waals surface area contributed by atoms with E-state index in [4.69, 9.17) is 0 Å². The molecule has 0 atom stereocenters. The van der Waals surface area contributed by atoms with E-state index >= 15 is 0 Å². The molecule has 92 valence electrons. The summed E-state index contributed by atoms with van der Waals surface area (Å²) in [6, 6.07) is -0.119. The first-order valence-corrected chi connectivity index (χ1v) is 6.03. The molecule has 0 unspecified atom stereocenters. The van der Waals surface area contributed by atoms with E-state index in [1.165, 1.54) is 0 Å². The summed E-state index contributed by atoms with van der Waals surface area (Å²) in [5, 5.41) is 8.06. The summed E-state index contributed by atoms with van der Waals surface area (Å²) >= 11 is 0. The maximum Gasteiger partial charge on any atom is 0.321 e. The van der Waals surface area contributed by atoms with Gasteiger partial charge in [-0.2, -0.15) is 0 Å². The maximum absolute atomic E-state index is 11.4. The SMILES string of the molecule is CCCNCC(=O)NC(=O)NC1CCCC1. The summed E-state index contributed by atoms with van der Waals surface area (Å²) in [5.41, 5.74) is 0. The molecule has 0 bridgehead atoms. The van der Waals surface area contributed by atoms with Crippen LogP contribution < -0.4 is 16.0 Å². The third kappa shape index (κ3) is 5.11. The van der Waals surface area contributed by atoms with Crippen molar-refractivity contribution in [1.82, 2.24) is 16.0 Å². The molecule has 5 nitrogen and oxygen atoms in total. The Bertz CT molecular complexity index is 237. The highest BCUT2D eigenvalue weighted by molar-refractivity contribution is 5.95. The first kappa shape index (κ1) is 13.0. The molecule has 1 fully saturated rings. The monoisotopic (exact) mass is 227 g/mol. The van der Waals surface area contributed by atoms with Crippen LogP contribution in [0, 0.1) is 0 Å². The van der Waals surface area contributed by atoms with Crippen molar-refractivity contribution in [1.29, 1.82) is 0 Å². The highest BCUT2D eigenvalue weighted by Gasteiger charge is 2.17. The van der Waals surface area contributed by atoms with Gasteiger partial charge in [-0.3, -0.25) is 10.1 Å². The summed E-state index contributed by atoms with van der Waals surface area (Å²) < 4.78 is 0. The molecule has 3 amide bonds. The van der Waals surface area contributed by atoms with Crippen LogP contribution in [0.15, 0.2) is 0 Å². The number of amides is 3. The van der Waals surface area contributed by atoms with Crippen LogP contribution >= 0.6 is 0 Å². The van der Waals surface area contributed by atoms with E-state index in [2.05, 4.69) is 16.0 Å². The molecular weight excluding hydrogens is 206 g/mol. The molecule has 16 heavy (non-hydrogen) atoms. The standard InChI is InChI=1S/C11H21N3O2/c1-2-7-12-8-10(15)14-11(16)13-9-5-3-4-6-9/h9,12H,2-8H2,1H3,(H2,13,14,15,16). The topological polar surface area (TPSA) is 70.2 Å². The number of hydrogen-bond donors (Lipinski definition) is 3. The van der Waals surface area contributed by atoms with Crippen molar-refractivity contribution < 1.29 is 9.59 Å². The Morgan fingerprint density at radius 1 is 1.25 bits per heavy atom. The van der Waals surface area contributed by atoms with Gasteiger partial charge in [0.25, 0.3) is 0 Å². The van der Waals surface area contributed by atoms with Crippen molar-refractivity contribution in [2.75, 3.05) is 13.1 Å². The van der Waals surface area contributed by atoms with Crippen LogP contribution in [0.25, 0.3) is 0 Å². The first-order valence-electron chi connectivity index (χ1n) is 6.03. The second-order valence-electron chi connectivity index (χ2n) is 4.18. The van der Waals surface area contributed by atoms with Gasteiger partial charge in [0.05, 0.1) is 6.54 Å². The van der Waals surface area contributed by atoms with Crippen LogP contribution in [-0.2, 0) is 4.79 Å². The van der Waals surface area contributed by atoms with E-state index in [0.717, 1.165) is 38.6 Å². The number of urea groups is 1. The van der Waals surface area contributed by atoms with Gasteiger partial charge in [0, 0.05) is 6.04 Å². The smallest absolute Gasteiger partial charge is 0.321 e. The average Bonchev–Trinajstić information content (AvgIpc) is 2.70. The Morgan fingerprint density at radius 2 is 1.94 bits per heavy atom. The molecule has 1 rings (SSSR count). The van der Waals surface area contributed by atoms with E-state index in [1.54, 1.807) is 0 Å². The normalized spacial score (nSPS) is 16.1. The third-order valence-electron chi connectivity index (χ3n) is 2.66. The lowest BCUT2D eigenvalue weighted by Crippen LogP contribution is -2.46. The van der Waals surface area contributed by atoms with E-state index in [1.807, 2.05) is 6.92 Å². The molecule has 3 N–H and O–H groups in total. The van der Waals surface area contributed by atoms with Crippen LogP contribution in [0.1, 0.15) is 39.0 Å². The zero-order chi connectivity index (χ0) is 11.8. The molecule has 0 radical (unpaired) electrons. The van der Waals surface area contributed by atoms with Crippen molar-refractivity contribution in [3.63, 3.8) is 0 Å². The van der Waals surface area contributed by atoms with Crippen LogP contribution in [-0.4, -0.2) is 31.1 Å². The number of carbonyl (C=O) groups excluding carboxylic acids is 2. The Hall–Kier alpha value is -1.10. The maximum atomic E-state index is 11.4. The van der Waals surface area contributed by atoms with Crippen LogP contribution in [0.3, 0.4) is 0 Å². The fourth-order valence-electron chi connectivity index (χ4n) is 1.84. The van der Waals surface area contributed by atoms with Crippen LogP contribution in [0.5, 0.6) is 0 Å². The molecule has 1 aliphatic rings. The van der Waals surface area contributed by atoms with E-state index < -0.39 is 0 Å². The quantitative estimate of drug-likeness (QED) is 0.607. The molecule has 1 saturated carbocycles. The van der Waals surface area contributed by atoms with Gasteiger partial charge >= 0.3 is 6.03 Å². The van der Waals surface area contributed by atoms with Gasteiger partial charge < -0.3 is 10.6 Å². The minimum atomic E-state index is -0.366. The van der Waals surface area contributed by atoms with Crippen LogP contribution in [0.4, 0.5) is 4.79 Å². The van der Waals surface area contributed by atoms with E-state index in [0.29, 0.717) is 0 Å². The molecule has 1 aliphatic carbocycles. The molecular formula is C11H21N3O2. The summed E-state index contributed by atoms with van der Waals surface area (Å²) in [7, 11) is 0. The zero-order valence-electron chi connectivity index (χ0n) is 9.84. The minimum absolute atomic E-state index is 0.200. The fourth-order valence-corrected chi connectivity index (χ4v) is 1.84. The Morgan fingerprint density at radius 3 is 2.56 bits per heavy atom. The lowest BCUT2D eigenvalue weighted by atomic mass is 10.2. The van der Waals surface area contributed by atoms with Crippen LogP contribution in [0.2, 0.25) is 0 Å². The molecule has 0 heterocycles. The zero-order valence-corrected chi connectivity index (χ0v) is 9.84. The van der Waals surface area contributed by atoms with Gasteiger partial charge in [-0.15, -0.1) is 0 Å². The molecule has 0 aromatic carbocycles. The van der Waals surface area contributed by atoms with Gasteiger partial charge in [-0.05, 0) is 25.8 Å². The molecule has 0 spiro atoms. The molecule has 0 saturated heterocycles.